The second kappa shape index (κ2) is 8.95. The van der Waals surface area contributed by atoms with Crippen LogP contribution in [0.15, 0.2) is 36.4 Å². The molecule has 144 valence electrons. The second-order valence-corrected chi connectivity index (χ2v) is 6.52. The number of aryl methyl sites for hydroxylation is 1. The van der Waals surface area contributed by atoms with E-state index in [1.807, 2.05) is 18.2 Å². The van der Waals surface area contributed by atoms with Gasteiger partial charge in [-0.25, -0.2) is 8.78 Å². The maximum absolute atomic E-state index is 13.2. The standard InChI is InChI=1S/C20H20F2N2O2.ClH/c21-16-7-4-13(11-17(16)22)19(25)8-9-20(26)24-18-3-1-2-12-10-14(23)5-6-15(12)18;/h4-7,10-11,18H,1-3,8-9,23H2,(H,24,26);1H. The monoisotopic (exact) mass is 394 g/mol. The summed E-state index contributed by atoms with van der Waals surface area (Å²) >= 11 is 0. The van der Waals surface area contributed by atoms with Crippen LogP contribution < -0.4 is 11.1 Å². The largest absolute Gasteiger partial charge is 0.399 e. The van der Waals surface area contributed by atoms with Gasteiger partial charge in [-0.1, -0.05) is 6.07 Å². The van der Waals surface area contributed by atoms with Gasteiger partial charge >= 0.3 is 0 Å². The molecule has 27 heavy (non-hydrogen) atoms. The number of nitrogens with one attached hydrogen (secondary N) is 1. The average Bonchev–Trinajstić information content (AvgIpc) is 2.62. The zero-order chi connectivity index (χ0) is 18.7. The Balaban J connectivity index is 0.00000261. The normalized spacial score (nSPS) is 15.4. The Morgan fingerprint density at radius 3 is 2.59 bits per heavy atom. The van der Waals surface area contributed by atoms with Crippen molar-refractivity contribution in [2.45, 2.75) is 38.1 Å². The Bertz CT molecular complexity index is 858. The van der Waals surface area contributed by atoms with Crippen LogP contribution in [0.1, 0.15) is 53.2 Å². The summed E-state index contributed by atoms with van der Waals surface area (Å²) in [4.78, 5) is 24.3. The van der Waals surface area contributed by atoms with E-state index in [4.69, 9.17) is 5.73 Å². The van der Waals surface area contributed by atoms with Gasteiger partial charge in [0.25, 0.3) is 0 Å². The van der Waals surface area contributed by atoms with E-state index in [9.17, 15) is 18.4 Å². The fourth-order valence-electron chi connectivity index (χ4n) is 3.29. The molecule has 1 aliphatic rings. The van der Waals surface area contributed by atoms with E-state index in [1.54, 1.807) is 0 Å². The van der Waals surface area contributed by atoms with Gasteiger partial charge in [-0.2, -0.15) is 0 Å². The summed E-state index contributed by atoms with van der Waals surface area (Å²) in [6, 6.07) is 8.58. The van der Waals surface area contributed by atoms with Gasteiger partial charge in [0, 0.05) is 24.1 Å². The number of hydrogen-bond donors (Lipinski definition) is 2. The lowest BCUT2D eigenvalue weighted by Gasteiger charge is -2.26. The molecule has 0 aliphatic heterocycles. The summed E-state index contributed by atoms with van der Waals surface area (Å²) in [7, 11) is 0. The molecule has 2 aromatic rings. The summed E-state index contributed by atoms with van der Waals surface area (Å²) in [6.07, 6.45) is 2.66. The van der Waals surface area contributed by atoms with Crippen LogP contribution in [0.25, 0.3) is 0 Å². The minimum atomic E-state index is -1.07. The Kier molecular flexibility index (Phi) is 6.91. The van der Waals surface area contributed by atoms with Crippen LogP contribution in [0.3, 0.4) is 0 Å². The molecule has 1 amide bonds. The van der Waals surface area contributed by atoms with Crippen LogP contribution in [0.5, 0.6) is 0 Å². The molecule has 3 N–H and O–H groups in total. The van der Waals surface area contributed by atoms with Crippen LogP contribution in [0.2, 0.25) is 0 Å². The number of hydrogen-bond acceptors (Lipinski definition) is 3. The van der Waals surface area contributed by atoms with E-state index in [0.717, 1.165) is 42.5 Å². The van der Waals surface area contributed by atoms with Crippen LogP contribution in [0.4, 0.5) is 14.5 Å². The Labute approximate surface area is 162 Å². The van der Waals surface area contributed by atoms with Gasteiger partial charge in [-0.3, -0.25) is 9.59 Å². The van der Waals surface area contributed by atoms with Gasteiger partial charge in [0.2, 0.25) is 5.91 Å². The molecule has 0 spiro atoms. The van der Waals surface area contributed by atoms with Crippen molar-refractivity contribution in [3.8, 4) is 0 Å². The molecule has 2 aromatic carbocycles. The van der Waals surface area contributed by atoms with Gasteiger partial charge < -0.3 is 11.1 Å². The van der Waals surface area contributed by atoms with E-state index < -0.39 is 17.4 Å². The highest BCUT2D eigenvalue weighted by Crippen LogP contribution is 2.31. The van der Waals surface area contributed by atoms with Crippen molar-refractivity contribution in [1.29, 1.82) is 0 Å². The molecule has 1 atom stereocenters. The molecule has 7 heteroatoms. The van der Waals surface area contributed by atoms with Gasteiger partial charge in [-0.15, -0.1) is 12.4 Å². The number of fused-ring (bicyclic) bond motifs is 1. The molecule has 0 fully saturated rings. The number of nitrogen functional groups attached to an aromatic ring is 1. The van der Waals surface area contributed by atoms with Crippen molar-refractivity contribution in [2.24, 2.45) is 0 Å². The molecule has 1 aliphatic carbocycles. The maximum atomic E-state index is 13.2. The molecule has 4 nitrogen and oxygen atoms in total. The molecule has 0 saturated heterocycles. The zero-order valence-electron chi connectivity index (χ0n) is 14.6. The van der Waals surface area contributed by atoms with E-state index in [-0.39, 0.29) is 42.8 Å². The third-order valence-corrected chi connectivity index (χ3v) is 4.64. The van der Waals surface area contributed by atoms with E-state index >= 15 is 0 Å². The minimum absolute atomic E-state index is 0. The van der Waals surface area contributed by atoms with Crippen molar-refractivity contribution < 1.29 is 18.4 Å². The highest BCUT2D eigenvalue weighted by molar-refractivity contribution is 5.98. The summed E-state index contributed by atoms with van der Waals surface area (Å²) < 4.78 is 26.1. The Morgan fingerprint density at radius 1 is 1.07 bits per heavy atom. The number of anilines is 1. The number of benzene rings is 2. The summed E-state index contributed by atoms with van der Waals surface area (Å²) in [5.41, 5.74) is 8.78. The summed E-state index contributed by atoms with van der Waals surface area (Å²) in [5.74, 6) is -2.71. The van der Waals surface area contributed by atoms with Crippen molar-refractivity contribution >= 4 is 29.8 Å². The number of nitrogens with two attached hydrogens (primary N) is 1. The lowest BCUT2D eigenvalue weighted by atomic mass is 9.87. The van der Waals surface area contributed by atoms with Gasteiger partial charge in [0.15, 0.2) is 17.4 Å². The quantitative estimate of drug-likeness (QED) is 0.591. The van der Waals surface area contributed by atoms with Crippen LogP contribution in [-0.2, 0) is 11.2 Å². The van der Waals surface area contributed by atoms with Gasteiger partial charge in [0.1, 0.15) is 0 Å². The third kappa shape index (κ3) is 5.04. The molecule has 0 saturated carbocycles. The predicted octanol–water partition coefficient (Wildman–Crippen LogP) is 4.13. The molecule has 0 bridgehead atoms. The first-order valence-corrected chi connectivity index (χ1v) is 8.60. The lowest BCUT2D eigenvalue weighted by Crippen LogP contribution is -2.31. The van der Waals surface area contributed by atoms with E-state index in [1.165, 1.54) is 6.07 Å². The Morgan fingerprint density at radius 2 is 1.85 bits per heavy atom. The fourth-order valence-corrected chi connectivity index (χ4v) is 3.29. The minimum Gasteiger partial charge on any atom is -0.399 e. The number of carbonyl (C=O) groups is 2. The predicted molar refractivity (Wildman–Crippen MR) is 102 cm³/mol. The smallest absolute Gasteiger partial charge is 0.220 e. The number of Topliss-reactive ketones (excluding diaryl/α,β-unsaturated/α-hetero) is 1. The van der Waals surface area contributed by atoms with Gasteiger partial charge in [0.05, 0.1) is 6.04 Å². The molecule has 0 radical (unpaired) electrons. The van der Waals surface area contributed by atoms with E-state index in [2.05, 4.69) is 5.32 Å². The summed E-state index contributed by atoms with van der Waals surface area (Å²) in [5, 5.41) is 2.96. The van der Waals surface area contributed by atoms with Crippen molar-refractivity contribution in [2.75, 3.05) is 5.73 Å². The molecule has 0 aromatic heterocycles. The number of ketones is 1. The zero-order valence-corrected chi connectivity index (χ0v) is 15.5. The number of halogens is 3. The molecule has 1 unspecified atom stereocenters. The highest BCUT2D eigenvalue weighted by atomic mass is 35.5. The maximum Gasteiger partial charge on any atom is 0.220 e. The highest BCUT2D eigenvalue weighted by Gasteiger charge is 2.22. The Hall–Kier alpha value is -2.47. The first kappa shape index (κ1) is 20.8. The molecule has 0 heterocycles. The third-order valence-electron chi connectivity index (χ3n) is 4.64. The average molecular weight is 395 g/mol. The number of amides is 1. The van der Waals surface area contributed by atoms with Crippen molar-refractivity contribution in [3.05, 3.63) is 64.7 Å². The van der Waals surface area contributed by atoms with Crippen molar-refractivity contribution in [1.82, 2.24) is 5.32 Å². The first-order valence-electron chi connectivity index (χ1n) is 8.60. The molecule has 3 rings (SSSR count). The fraction of sp³-hybridized carbons (Fsp3) is 0.300. The topological polar surface area (TPSA) is 72.2 Å². The van der Waals surface area contributed by atoms with E-state index in [0.29, 0.717) is 5.69 Å². The molecular weight excluding hydrogens is 374 g/mol. The number of carbonyl (C=O) groups excluding carboxylic acids is 2. The molecular formula is C20H21ClF2N2O2. The lowest BCUT2D eigenvalue weighted by molar-refractivity contribution is -0.121. The van der Waals surface area contributed by atoms with Crippen LogP contribution >= 0.6 is 12.4 Å². The number of rotatable bonds is 5. The van der Waals surface area contributed by atoms with Crippen LogP contribution in [-0.4, -0.2) is 11.7 Å². The summed E-state index contributed by atoms with van der Waals surface area (Å²) in [6.45, 7) is 0. The second-order valence-electron chi connectivity index (χ2n) is 6.52. The van der Waals surface area contributed by atoms with Crippen LogP contribution in [0, 0.1) is 11.6 Å². The van der Waals surface area contributed by atoms with Crippen molar-refractivity contribution in [3.63, 3.8) is 0 Å². The van der Waals surface area contributed by atoms with Gasteiger partial charge in [-0.05, 0) is 60.7 Å². The first-order chi connectivity index (χ1) is 12.4. The SMILES string of the molecule is Cl.Nc1ccc2c(c1)CCCC2NC(=O)CCC(=O)c1ccc(F)c(F)c1.